The number of fused-ring (bicyclic) bond motifs is 1. The Balaban J connectivity index is 1.71. The first-order valence-electron chi connectivity index (χ1n) is 10.4. The van der Waals surface area contributed by atoms with E-state index in [-0.39, 0.29) is 53.2 Å². The van der Waals surface area contributed by atoms with Gasteiger partial charge in [-0.05, 0) is 12.1 Å². The first kappa shape index (κ1) is 22.1. The molecule has 0 bridgehead atoms. The number of methoxy groups -OCH3 is 2. The second kappa shape index (κ2) is 8.47. The predicted octanol–water partition coefficient (Wildman–Crippen LogP) is 3.72. The maximum atomic E-state index is 13.8. The zero-order valence-electron chi connectivity index (χ0n) is 18.1. The molecule has 8 heteroatoms. The Morgan fingerprint density at radius 2 is 1.84 bits per heavy atom. The van der Waals surface area contributed by atoms with Crippen LogP contribution in [0.4, 0.5) is 0 Å². The molecular weight excluding hydrogens is 434 g/mol. The maximum Gasteiger partial charge on any atom is 0.251 e. The number of ether oxygens (including phenoxy) is 3. The topological polar surface area (TPSA) is 90.9 Å². The highest BCUT2D eigenvalue weighted by atomic mass is 35.5. The Morgan fingerprint density at radius 1 is 1.16 bits per heavy atom. The molecule has 1 saturated carbocycles. The lowest BCUT2D eigenvalue weighted by Crippen LogP contribution is -2.59. The smallest absolute Gasteiger partial charge is 0.251 e. The third-order valence-corrected chi connectivity index (χ3v) is 6.69. The fourth-order valence-corrected chi connectivity index (χ4v) is 5.01. The molecular formula is C24H24ClNO6. The zero-order valence-corrected chi connectivity index (χ0v) is 18.8. The highest BCUT2D eigenvalue weighted by molar-refractivity contribution is 6.35. The molecule has 4 rings (SSSR count). The Hall–Kier alpha value is -3.06. The summed E-state index contributed by atoms with van der Waals surface area (Å²) in [4.78, 5) is 38.9. The van der Waals surface area contributed by atoms with Crippen LogP contribution >= 0.6 is 11.6 Å². The van der Waals surface area contributed by atoms with E-state index in [9.17, 15) is 14.4 Å². The lowest BCUT2D eigenvalue weighted by Gasteiger charge is -2.43. The number of hydrogen-bond donors (Lipinski definition) is 1. The Kier molecular flexibility index (Phi) is 5.86. The van der Waals surface area contributed by atoms with E-state index in [1.807, 2.05) is 13.0 Å². The van der Waals surface area contributed by atoms with Crippen LogP contribution in [0.3, 0.4) is 0 Å². The van der Waals surface area contributed by atoms with E-state index >= 15 is 0 Å². The van der Waals surface area contributed by atoms with Crippen molar-refractivity contribution in [1.82, 2.24) is 5.32 Å². The Morgan fingerprint density at radius 3 is 2.50 bits per heavy atom. The van der Waals surface area contributed by atoms with E-state index in [1.54, 1.807) is 30.3 Å². The standard InChI is InChI=1S/C24H24ClNO6/c1-13-9-16(27)10-15(12-26-23(29)14-7-5-4-6-8-14)24(13)22(28)19-17(30-2)11-18(31-3)20(25)21(19)32-24/h4-8,11,13,15H,9-10,12H2,1-3H3,(H,26,29)/t13-,15?,24?/m1/s1. The van der Waals surface area contributed by atoms with Gasteiger partial charge in [0.05, 0.1) is 14.2 Å². The number of carbonyl (C=O) groups is 3. The van der Waals surface area contributed by atoms with Crippen molar-refractivity contribution in [3.05, 3.63) is 52.5 Å². The van der Waals surface area contributed by atoms with Crippen molar-refractivity contribution in [2.45, 2.75) is 25.4 Å². The normalized spacial score (nSPS) is 24.1. The number of rotatable bonds is 5. The summed E-state index contributed by atoms with van der Waals surface area (Å²) in [5.74, 6) is -0.759. The minimum absolute atomic E-state index is 0.0186. The van der Waals surface area contributed by atoms with Gasteiger partial charge in [0, 0.05) is 42.9 Å². The summed E-state index contributed by atoms with van der Waals surface area (Å²) in [6, 6.07) is 10.3. The van der Waals surface area contributed by atoms with Crippen molar-refractivity contribution < 1.29 is 28.6 Å². The van der Waals surface area contributed by atoms with Gasteiger partial charge < -0.3 is 19.5 Å². The van der Waals surface area contributed by atoms with Gasteiger partial charge in [0.1, 0.15) is 27.9 Å². The van der Waals surface area contributed by atoms with E-state index in [1.165, 1.54) is 14.2 Å². The number of carbonyl (C=O) groups excluding carboxylic acids is 3. The summed E-state index contributed by atoms with van der Waals surface area (Å²) in [5.41, 5.74) is -0.615. The molecule has 1 amide bonds. The van der Waals surface area contributed by atoms with Crippen molar-refractivity contribution in [2.24, 2.45) is 11.8 Å². The highest BCUT2D eigenvalue weighted by Gasteiger charge is 2.61. The van der Waals surface area contributed by atoms with Gasteiger partial charge >= 0.3 is 0 Å². The molecule has 1 fully saturated rings. The van der Waals surface area contributed by atoms with Crippen LogP contribution in [0.2, 0.25) is 5.02 Å². The monoisotopic (exact) mass is 457 g/mol. The molecule has 2 aromatic carbocycles. The van der Waals surface area contributed by atoms with Crippen molar-refractivity contribution in [1.29, 1.82) is 0 Å². The number of benzene rings is 2. The molecule has 1 N–H and O–H groups in total. The summed E-state index contributed by atoms with van der Waals surface area (Å²) in [5, 5.41) is 3.03. The van der Waals surface area contributed by atoms with Crippen LogP contribution in [0.1, 0.15) is 40.5 Å². The second-order valence-corrected chi connectivity index (χ2v) is 8.52. The molecule has 2 unspecified atom stereocenters. The first-order chi connectivity index (χ1) is 15.3. The van der Waals surface area contributed by atoms with E-state index in [0.29, 0.717) is 17.1 Å². The lowest BCUT2D eigenvalue weighted by atomic mass is 9.66. The molecule has 32 heavy (non-hydrogen) atoms. The van der Waals surface area contributed by atoms with Crippen LogP contribution < -0.4 is 19.5 Å². The van der Waals surface area contributed by atoms with Gasteiger partial charge in [0.2, 0.25) is 5.78 Å². The van der Waals surface area contributed by atoms with Gasteiger partial charge in [-0.1, -0.05) is 36.7 Å². The maximum absolute atomic E-state index is 13.8. The second-order valence-electron chi connectivity index (χ2n) is 8.14. The van der Waals surface area contributed by atoms with Crippen LogP contribution in [0.25, 0.3) is 0 Å². The summed E-state index contributed by atoms with van der Waals surface area (Å²) >= 11 is 6.49. The number of nitrogens with one attached hydrogen (secondary N) is 1. The predicted molar refractivity (Wildman–Crippen MR) is 118 cm³/mol. The first-order valence-corrected chi connectivity index (χ1v) is 10.7. The highest BCUT2D eigenvalue weighted by Crippen LogP contribution is 2.55. The lowest BCUT2D eigenvalue weighted by molar-refractivity contribution is -0.129. The molecule has 2 aromatic rings. The zero-order chi connectivity index (χ0) is 23.0. The molecule has 1 aliphatic heterocycles. The van der Waals surface area contributed by atoms with Crippen LogP contribution in [0, 0.1) is 11.8 Å². The van der Waals surface area contributed by atoms with Crippen LogP contribution in [0.15, 0.2) is 36.4 Å². The van der Waals surface area contributed by atoms with Crippen molar-refractivity contribution in [2.75, 3.05) is 20.8 Å². The number of amides is 1. The van der Waals surface area contributed by atoms with E-state index < -0.39 is 17.4 Å². The summed E-state index contributed by atoms with van der Waals surface area (Å²) < 4.78 is 17.1. The van der Waals surface area contributed by atoms with Gasteiger partial charge in [-0.25, -0.2) is 0 Å². The summed E-state index contributed by atoms with van der Waals surface area (Å²) in [6.45, 7) is 1.91. The van der Waals surface area contributed by atoms with Crippen molar-refractivity contribution in [3.63, 3.8) is 0 Å². The molecule has 7 nitrogen and oxygen atoms in total. The molecule has 1 heterocycles. The fourth-order valence-electron chi connectivity index (χ4n) is 4.75. The minimum Gasteiger partial charge on any atom is -0.496 e. The van der Waals surface area contributed by atoms with Crippen LogP contribution in [0.5, 0.6) is 17.2 Å². The molecule has 168 valence electrons. The molecule has 0 saturated heterocycles. The Labute approximate surface area is 191 Å². The van der Waals surface area contributed by atoms with Crippen molar-refractivity contribution >= 4 is 29.1 Å². The molecule has 1 spiro atoms. The van der Waals surface area contributed by atoms with Gasteiger partial charge in [-0.2, -0.15) is 0 Å². The van der Waals surface area contributed by atoms with Gasteiger partial charge in [-0.3, -0.25) is 14.4 Å². The largest absolute Gasteiger partial charge is 0.496 e. The van der Waals surface area contributed by atoms with E-state index in [0.717, 1.165) is 0 Å². The average Bonchev–Trinajstić information content (AvgIpc) is 3.11. The fraction of sp³-hybridized carbons (Fsp3) is 0.375. The number of ketones is 2. The SMILES string of the molecule is COc1cc(OC)c2c(c1Cl)OC1(C2=O)C(CNC(=O)c2ccccc2)CC(=O)C[C@H]1C. The summed E-state index contributed by atoms with van der Waals surface area (Å²) in [6.07, 6.45) is 0.302. The molecule has 0 radical (unpaired) electrons. The van der Waals surface area contributed by atoms with E-state index in [2.05, 4.69) is 5.32 Å². The van der Waals surface area contributed by atoms with Gasteiger partial charge in [0.25, 0.3) is 5.91 Å². The number of Topliss-reactive ketones (excluding diaryl/α,β-unsaturated/α-hetero) is 2. The summed E-state index contributed by atoms with van der Waals surface area (Å²) in [7, 11) is 2.91. The minimum atomic E-state index is -1.34. The van der Waals surface area contributed by atoms with Crippen molar-refractivity contribution in [3.8, 4) is 17.2 Å². The number of halogens is 1. The van der Waals surface area contributed by atoms with E-state index in [4.69, 9.17) is 25.8 Å². The van der Waals surface area contributed by atoms with Crippen LogP contribution in [-0.4, -0.2) is 43.8 Å². The van der Waals surface area contributed by atoms with Gasteiger partial charge in [0.15, 0.2) is 11.4 Å². The average molecular weight is 458 g/mol. The Bertz CT molecular complexity index is 1090. The third-order valence-electron chi connectivity index (χ3n) is 6.34. The van der Waals surface area contributed by atoms with Gasteiger partial charge in [-0.15, -0.1) is 0 Å². The quantitative estimate of drug-likeness (QED) is 0.735. The number of hydrogen-bond acceptors (Lipinski definition) is 6. The third kappa shape index (κ3) is 3.41. The molecule has 0 aromatic heterocycles. The molecule has 1 aliphatic carbocycles. The molecule has 2 aliphatic rings. The molecule has 3 atom stereocenters. The van der Waals surface area contributed by atoms with Crippen LogP contribution in [-0.2, 0) is 4.79 Å².